The van der Waals surface area contributed by atoms with E-state index in [1.54, 1.807) is 0 Å². The van der Waals surface area contributed by atoms with Gasteiger partial charge in [-0.05, 0) is 24.8 Å². The molecule has 18 heavy (non-hydrogen) atoms. The van der Waals surface area contributed by atoms with Gasteiger partial charge in [-0.2, -0.15) is 0 Å². The molecule has 0 spiro atoms. The van der Waals surface area contributed by atoms with Crippen LogP contribution in [0.25, 0.3) is 0 Å². The Bertz CT molecular complexity index is 415. The molecule has 0 heterocycles. The summed E-state index contributed by atoms with van der Waals surface area (Å²) in [6.07, 6.45) is -5.68. The monoisotopic (exact) mass is 262 g/mol. The lowest BCUT2D eigenvalue weighted by molar-refractivity contribution is -0.275. The molecule has 100 valence electrons. The minimum absolute atomic E-state index is 0.0426. The molecular weight excluding hydrogens is 249 g/mol. The fourth-order valence-electron chi connectivity index (χ4n) is 1.82. The summed E-state index contributed by atoms with van der Waals surface area (Å²) >= 11 is 0. The molecule has 1 aromatic rings. The molecule has 0 radical (unpaired) electrons. The highest BCUT2D eigenvalue weighted by Gasteiger charge is 2.38. The molecule has 2 N–H and O–H groups in total. The van der Waals surface area contributed by atoms with E-state index in [-0.39, 0.29) is 11.5 Å². The summed E-state index contributed by atoms with van der Waals surface area (Å²) in [5.74, 6) is -0.517. The van der Waals surface area contributed by atoms with Crippen molar-refractivity contribution in [2.75, 3.05) is 0 Å². The van der Waals surface area contributed by atoms with Gasteiger partial charge in [0.25, 0.3) is 0 Å². The summed E-state index contributed by atoms with van der Waals surface area (Å²) in [7, 11) is 0. The van der Waals surface area contributed by atoms with Crippen LogP contribution in [0.1, 0.15) is 24.5 Å². The minimum atomic E-state index is -4.82. The van der Waals surface area contributed by atoms with Crippen LogP contribution >= 0.6 is 0 Å². The van der Waals surface area contributed by atoms with Gasteiger partial charge in [0.15, 0.2) is 0 Å². The van der Waals surface area contributed by atoms with E-state index in [9.17, 15) is 23.4 Å². The van der Waals surface area contributed by atoms with Gasteiger partial charge in [-0.25, -0.2) is 0 Å². The van der Waals surface area contributed by atoms with Crippen molar-refractivity contribution in [3.8, 4) is 5.75 Å². The molecule has 1 aromatic carbocycles. The van der Waals surface area contributed by atoms with E-state index < -0.39 is 24.3 Å². The van der Waals surface area contributed by atoms with Crippen LogP contribution in [0.4, 0.5) is 13.2 Å². The molecule has 3 nitrogen and oxygen atoms in total. The zero-order chi connectivity index (χ0) is 13.3. The highest BCUT2D eigenvalue weighted by molar-refractivity contribution is 5.36. The van der Waals surface area contributed by atoms with Crippen LogP contribution in [0.15, 0.2) is 24.3 Å². The number of ether oxygens (including phenoxy) is 1. The number of alkyl halides is 3. The number of aliphatic hydroxyl groups excluding tert-OH is 2. The molecule has 1 aliphatic carbocycles. The van der Waals surface area contributed by atoms with Gasteiger partial charge in [0.1, 0.15) is 11.9 Å². The molecule has 6 heteroatoms. The molecule has 0 aliphatic heterocycles. The Morgan fingerprint density at radius 1 is 1.17 bits per heavy atom. The van der Waals surface area contributed by atoms with Gasteiger partial charge in [-0.1, -0.05) is 18.2 Å². The molecule has 0 aromatic heterocycles. The number of hydrogen-bond acceptors (Lipinski definition) is 3. The Hall–Kier alpha value is -1.27. The lowest BCUT2D eigenvalue weighted by Crippen LogP contribution is -2.23. The first-order valence-corrected chi connectivity index (χ1v) is 5.59. The topological polar surface area (TPSA) is 49.7 Å². The van der Waals surface area contributed by atoms with Gasteiger partial charge in [-0.15, -0.1) is 13.2 Å². The third-order valence-electron chi connectivity index (χ3n) is 2.89. The summed E-state index contributed by atoms with van der Waals surface area (Å²) in [4.78, 5) is 0. The Balaban J connectivity index is 2.20. The standard InChI is InChI=1S/C12H13F3O3/c13-12(14,15)18-9-4-2-1-3-8(9)11(17)10(16)7-5-6-7/h1-4,7,10-11,16-17H,5-6H2. The number of benzene rings is 1. The molecule has 2 rings (SSSR count). The van der Waals surface area contributed by atoms with Crippen LogP contribution in [0.2, 0.25) is 0 Å². The summed E-state index contributed by atoms with van der Waals surface area (Å²) in [6, 6.07) is 5.30. The molecule has 2 atom stereocenters. The average Bonchev–Trinajstić information content (AvgIpc) is 3.09. The summed E-state index contributed by atoms with van der Waals surface area (Å²) in [5, 5.41) is 19.6. The zero-order valence-corrected chi connectivity index (χ0v) is 9.39. The van der Waals surface area contributed by atoms with Crippen LogP contribution in [0, 0.1) is 5.92 Å². The predicted octanol–water partition coefficient (Wildman–Crippen LogP) is 2.39. The van der Waals surface area contributed by atoms with Gasteiger partial charge in [-0.3, -0.25) is 0 Å². The van der Waals surface area contributed by atoms with Crippen LogP contribution in [-0.2, 0) is 0 Å². The molecule has 2 unspecified atom stereocenters. The molecule has 0 saturated heterocycles. The molecule has 0 bridgehead atoms. The lowest BCUT2D eigenvalue weighted by atomic mass is 10.0. The fraction of sp³-hybridized carbons (Fsp3) is 0.500. The van der Waals surface area contributed by atoms with Crippen molar-refractivity contribution in [3.05, 3.63) is 29.8 Å². The summed E-state index contributed by atoms with van der Waals surface area (Å²) in [6.45, 7) is 0. The highest BCUT2D eigenvalue weighted by Crippen LogP contribution is 2.40. The van der Waals surface area contributed by atoms with E-state index in [1.807, 2.05) is 0 Å². The minimum Gasteiger partial charge on any atom is -0.405 e. The van der Waals surface area contributed by atoms with E-state index in [0.29, 0.717) is 0 Å². The first-order valence-electron chi connectivity index (χ1n) is 5.59. The van der Waals surface area contributed by atoms with Crippen molar-refractivity contribution in [1.29, 1.82) is 0 Å². The molecule has 1 aliphatic rings. The van der Waals surface area contributed by atoms with E-state index in [4.69, 9.17) is 0 Å². The van der Waals surface area contributed by atoms with E-state index >= 15 is 0 Å². The maximum absolute atomic E-state index is 12.2. The van der Waals surface area contributed by atoms with Gasteiger partial charge in [0.05, 0.1) is 6.10 Å². The Morgan fingerprint density at radius 2 is 1.78 bits per heavy atom. The van der Waals surface area contributed by atoms with Crippen LogP contribution in [0.5, 0.6) is 5.75 Å². The van der Waals surface area contributed by atoms with E-state index in [2.05, 4.69) is 4.74 Å². The van der Waals surface area contributed by atoms with Crippen molar-refractivity contribution >= 4 is 0 Å². The maximum Gasteiger partial charge on any atom is 0.573 e. The van der Waals surface area contributed by atoms with Crippen molar-refractivity contribution in [1.82, 2.24) is 0 Å². The maximum atomic E-state index is 12.2. The quantitative estimate of drug-likeness (QED) is 0.876. The van der Waals surface area contributed by atoms with Gasteiger partial charge in [0.2, 0.25) is 0 Å². The smallest absolute Gasteiger partial charge is 0.405 e. The third-order valence-corrected chi connectivity index (χ3v) is 2.89. The Morgan fingerprint density at radius 3 is 2.33 bits per heavy atom. The molecular formula is C12H13F3O3. The second-order valence-electron chi connectivity index (χ2n) is 4.36. The zero-order valence-electron chi connectivity index (χ0n) is 9.39. The summed E-state index contributed by atoms with van der Waals surface area (Å²) in [5.41, 5.74) is -0.0470. The third kappa shape index (κ3) is 3.14. The second kappa shape index (κ2) is 4.78. The second-order valence-corrected chi connectivity index (χ2v) is 4.36. The van der Waals surface area contributed by atoms with Crippen molar-refractivity contribution in [3.63, 3.8) is 0 Å². The largest absolute Gasteiger partial charge is 0.573 e. The first-order chi connectivity index (χ1) is 8.38. The predicted molar refractivity (Wildman–Crippen MR) is 56.8 cm³/mol. The normalized spacial score (nSPS) is 19.4. The van der Waals surface area contributed by atoms with Gasteiger partial charge < -0.3 is 14.9 Å². The van der Waals surface area contributed by atoms with Gasteiger partial charge in [0, 0.05) is 5.56 Å². The van der Waals surface area contributed by atoms with Crippen molar-refractivity contribution in [2.24, 2.45) is 5.92 Å². The van der Waals surface area contributed by atoms with Crippen molar-refractivity contribution in [2.45, 2.75) is 31.4 Å². The van der Waals surface area contributed by atoms with Crippen LogP contribution in [0.3, 0.4) is 0 Å². The molecule has 0 amide bonds. The highest BCUT2D eigenvalue weighted by atomic mass is 19.4. The molecule has 1 fully saturated rings. The number of aliphatic hydroxyl groups is 2. The van der Waals surface area contributed by atoms with E-state index in [1.165, 1.54) is 18.2 Å². The average molecular weight is 262 g/mol. The summed E-state index contributed by atoms with van der Waals surface area (Å²) < 4.78 is 40.4. The Labute approximate surface area is 102 Å². The van der Waals surface area contributed by atoms with Gasteiger partial charge >= 0.3 is 6.36 Å². The number of halogens is 3. The van der Waals surface area contributed by atoms with Crippen LogP contribution < -0.4 is 4.74 Å². The SMILES string of the molecule is OC(c1ccccc1OC(F)(F)F)C(O)C1CC1. The molecule has 1 saturated carbocycles. The number of hydrogen-bond donors (Lipinski definition) is 2. The lowest BCUT2D eigenvalue weighted by Gasteiger charge is -2.21. The first kappa shape index (κ1) is 13.2. The van der Waals surface area contributed by atoms with Crippen molar-refractivity contribution < 1.29 is 28.1 Å². The van der Waals surface area contributed by atoms with Crippen LogP contribution in [-0.4, -0.2) is 22.7 Å². The number of para-hydroxylation sites is 1. The van der Waals surface area contributed by atoms with E-state index in [0.717, 1.165) is 18.9 Å². The fourth-order valence-corrected chi connectivity index (χ4v) is 1.82. The number of rotatable bonds is 4. The Kier molecular flexibility index (Phi) is 3.49.